The maximum absolute atomic E-state index is 12.3. The molecule has 2 aromatic carbocycles. The van der Waals surface area contributed by atoms with E-state index in [-0.39, 0.29) is 5.78 Å². The van der Waals surface area contributed by atoms with Crippen LogP contribution in [0.3, 0.4) is 0 Å². The average Bonchev–Trinajstić information content (AvgIpc) is 3.02. The minimum atomic E-state index is 0.00922. The Labute approximate surface area is 135 Å². The SMILES string of the molecule is Cc1ccc(C(=O)/C=C/c2cnn(-c3ccccc3)c2)c(C)c1. The van der Waals surface area contributed by atoms with Crippen LogP contribution in [0.1, 0.15) is 27.0 Å². The van der Waals surface area contributed by atoms with Crippen LogP contribution < -0.4 is 0 Å². The molecule has 3 aromatic rings. The van der Waals surface area contributed by atoms with Crippen LogP contribution >= 0.6 is 0 Å². The molecule has 0 bridgehead atoms. The van der Waals surface area contributed by atoms with Gasteiger partial charge in [-0.1, -0.05) is 42.0 Å². The Hall–Kier alpha value is -2.94. The predicted octanol–water partition coefficient (Wildman–Crippen LogP) is 4.39. The molecule has 0 aliphatic heterocycles. The number of aryl methyl sites for hydroxylation is 2. The van der Waals surface area contributed by atoms with Gasteiger partial charge in [0, 0.05) is 17.3 Å². The molecule has 0 fully saturated rings. The Morgan fingerprint density at radius 3 is 2.61 bits per heavy atom. The van der Waals surface area contributed by atoms with Crippen LogP contribution in [0.25, 0.3) is 11.8 Å². The molecule has 114 valence electrons. The van der Waals surface area contributed by atoms with E-state index >= 15 is 0 Å². The molecule has 23 heavy (non-hydrogen) atoms. The molecule has 0 saturated carbocycles. The third-order valence-electron chi connectivity index (χ3n) is 3.70. The molecule has 0 radical (unpaired) electrons. The fourth-order valence-corrected chi connectivity index (χ4v) is 2.50. The summed E-state index contributed by atoms with van der Waals surface area (Å²) in [5.74, 6) is 0.00922. The van der Waals surface area contributed by atoms with Crippen LogP contribution in [0.4, 0.5) is 0 Å². The van der Waals surface area contributed by atoms with E-state index in [1.165, 1.54) is 0 Å². The van der Waals surface area contributed by atoms with Crippen LogP contribution in [-0.2, 0) is 0 Å². The summed E-state index contributed by atoms with van der Waals surface area (Å²) in [4.78, 5) is 12.3. The summed E-state index contributed by atoms with van der Waals surface area (Å²) < 4.78 is 1.79. The van der Waals surface area contributed by atoms with Crippen molar-refractivity contribution in [3.8, 4) is 5.69 Å². The van der Waals surface area contributed by atoms with Gasteiger partial charge < -0.3 is 0 Å². The van der Waals surface area contributed by atoms with Gasteiger partial charge in [0.25, 0.3) is 0 Å². The van der Waals surface area contributed by atoms with Crippen molar-refractivity contribution in [1.29, 1.82) is 0 Å². The maximum Gasteiger partial charge on any atom is 0.186 e. The van der Waals surface area contributed by atoms with E-state index in [0.29, 0.717) is 0 Å². The van der Waals surface area contributed by atoms with Crippen molar-refractivity contribution in [3.63, 3.8) is 0 Å². The predicted molar refractivity (Wildman–Crippen MR) is 92.8 cm³/mol. The average molecular weight is 302 g/mol. The molecule has 3 nitrogen and oxygen atoms in total. The molecule has 0 N–H and O–H groups in total. The molecular weight excluding hydrogens is 284 g/mol. The normalized spacial score (nSPS) is 11.0. The van der Waals surface area contributed by atoms with E-state index < -0.39 is 0 Å². The number of benzene rings is 2. The Balaban J connectivity index is 1.78. The van der Waals surface area contributed by atoms with Crippen LogP contribution in [0, 0.1) is 13.8 Å². The van der Waals surface area contributed by atoms with Gasteiger partial charge in [-0.2, -0.15) is 5.10 Å². The van der Waals surface area contributed by atoms with Crippen molar-refractivity contribution >= 4 is 11.9 Å². The fraction of sp³-hybridized carbons (Fsp3) is 0.100. The Bertz CT molecular complexity index is 860. The van der Waals surface area contributed by atoms with Gasteiger partial charge in [-0.15, -0.1) is 0 Å². The molecule has 3 rings (SSSR count). The lowest BCUT2D eigenvalue weighted by Crippen LogP contribution is -1.97. The molecule has 3 heteroatoms. The first kappa shape index (κ1) is 15.0. The summed E-state index contributed by atoms with van der Waals surface area (Å²) in [5, 5.41) is 4.32. The van der Waals surface area contributed by atoms with E-state index in [1.54, 1.807) is 23.0 Å². The zero-order valence-electron chi connectivity index (χ0n) is 13.2. The number of rotatable bonds is 4. The molecule has 0 atom stereocenters. The van der Waals surface area contributed by atoms with Crippen molar-refractivity contribution in [1.82, 2.24) is 9.78 Å². The van der Waals surface area contributed by atoms with Gasteiger partial charge in [0.1, 0.15) is 0 Å². The number of hydrogen-bond donors (Lipinski definition) is 0. The molecule has 1 aromatic heterocycles. The van der Waals surface area contributed by atoms with Crippen molar-refractivity contribution < 1.29 is 4.79 Å². The zero-order valence-corrected chi connectivity index (χ0v) is 13.2. The number of carbonyl (C=O) groups excluding carboxylic acids is 1. The summed E-state index contributed by atoms with van der Waals surface area (Å²) >= 11 is 0. The minimum absolute atomic E-state index is 0.00922. The number of para-hydroxylation sites is 1. The second-order valence-corrected chi connectivity index (χ2v) is 5.57. The minimum Gasteiger partial charge on any atom is -0.289 e. The van der Waals surface area contributed by atoms with E-state index in [4.69, 9.17) is 0 Å². The van der Waals surface area contributed by atoms with Crippen molar-refractivity contribution in [2.75, 3.05) is 0 Å². The van der Waals surface area contributed by atoms with Gasteiger partial charge in [-0.3, -0.25) is 4.79 Å². The van der Waals surface area contributed by atoms with Gasteiger partial charge in [0.2, 0.25) is 0 Å². The Morgan fingerprint density at radius 1 is 1.09 bits per heavy atom. The first-order valence-electron chi connectivity index (χ1n) is 7.53. The molecule has 0 unspecified atom stereocenters. The highest BCUT2D eigenvalue weighted by atomic mass is 16.1. The fourth-order valence-electron chi connectivity index (χ4n) is 2.50. The molecule has 0 amide bonds. The van der Waals surface area contributed by atoms with E-state index in [0.717, 1.165) is 27.9 Å². The molecule has 0 saturated heterocycles. The molecular formula is C20H18N2O. The van der Waals surface area contributed by atoms with E-state index in [1.807, 2.05) is 68.6 Å². The number of ketones is 1. The van der Waals surface area contributed by atoms with Gasteiger partial charge in [-0.25, -0.2) is 4.68 Å². The summed E-state index contributed by atoms with van der Waals surface area (Å²) in [6.45, 7) is 3.98. The van der Waals surface area contributed by atoms with E-state index in [9.17, 15) is 4.79 Å². The van der Waals surface area contributed by atoms with E-state index in [2.05, 4.69) is 5.10 Å². The second-order valence-electron chi connectivity index (χ2n) is 5.57. The number of carbonyl (C=O) groups is 1. The highest BCUT2D eigenvalue weighted by Gasteiger charge is 2.06. The summed E-state index contributed by atoms with van der Waals surface area (Å²) in [6, 6.07) is 15.7. The Kier molecular flexibility index (Phi) is 4.20. The highest BCUT2D eigenvalue weighted by Crippen LogP contribution is 2.13. The topological polar surface area (TPSA) is 34.9 Å². The third-order valence-corrected chi connectivity index (χ3v) is 3.70. The first-order valence-corrected chi connectivity index (χ1v) is 7.53. The lowest BCUT2D eigenvalue weighted by molar-refractivity contribution is 0.104. The standard InChI is InChI=1S/C20H18N2O/c1-15-8-10-19(16(2)12-15)20(23)11-9-17-13-21-22(14-17)18-6-4-3-5-7-18/h3-14H,1-2H3/b11-9+. The molecule has 0 aliphatic rings. The summed E-state index contributed by atoms with van der Waals surface area (Å²) in [7, 11) is 0. The van der Waals surface area contributed by atoms with Crippen LogP contribution in [0.15, 0.2) is 67.0 Å². The zero-order chi connectivity index (χ0) is 16.2. The lowest BCUT2D eigenvalue weighted by atomic mass is 10.0. The third kappa shape index (κ3) is 3.46. The smallest absolute Gasteiger partial charge is 0.186 e. The summed E-state index contributed by atoms with van der Waals surface area (Å²) in [6.07, 6.45) is 7.05. The second kappa shape index (κ2) is 6.44. The number of allylic oxidation sites excluding steroid dienone is 1. The highest BCUT2D eigenvalue weighted by molar-refractivity contribution is 6.07. The van der Waals surface area contributed by atoms with Crippen LogP contribution in [0.2, 0.25) is 0 Å². The number of hydrogen-bond acceptors (Lipinski definition) is 2. The van der Waals surface area contributed by atoms with Crippen LogP contribution in [-0.4, -0.2) is 15.6 Å². The quantitative estimate of drug-likeness (QED) is 0.529. The van der Waals surface area contributed by atoms with Gasteiger partial charge in [0.15, 0.2) is 5.78 Å². The van der Waals surface area contributed by atoms with Crippen molar-refractivity contribution in [2.24, 2.45) is 0 Å². The lowest BCUT2D eigenvalue weighted by Gasteiger charge is -2.02. The number of nitrogens with zero attached hydrogens (tertiary/aromatic N) is 2. The monoisotopic (exact) mass is 302 g/mol. The van der Waals surface area contributed by atoms with Crippen LogP contribution in [0.5, 0.6) is 0 Å². The Morgan fingerprint density at radius 2 is 1.87 bits per heavy atom. The van der Waals surface area contributed by atoms with Gasteiger partial charge >= 0.3 is 0 Å². The molecule has 0 aliphatic carbocycles. The first-order chi connectivity index (χ1) is 11.1. The molecule has 1 heterocycles. The van der Waals surface area contributed by atoms with Crippen molar-refractivity contribution in [3.05, 3.63) is 89.3 Å². The number of aromatic nitrogens is 2. The van der Waals surface area contributed by atoms with Gasteiger partial charge in [-0.05, 0) is 43.7 Å². The maximum atomic E-state index is 12.3. The molecule has 0 spiro atoms. The largest absolute Gasteiger partial charge is 0.289 e. The summed E-state index contributed by atoms with van der Waals surface area (Å²) in [5.41, 5.74) is 4.79. The van der Waals surface area contributed by atoms with Gasteiger partial charge in [0.05, 0.1) is 11.9 Å². The van der Waals surface area contributed by atoms with Crippen molar-refractivity contribution in [2.45, 2.75) is 13.8 Å².